The van der Waals surface area contributed by atoms with Gasteiger partial charge in [-0.15, -0.1) is 0 Å². The Balaban J connectivity index is 2.28. The van der Waals surface area contributed by atoms with Crippen molar-refractivity contribution in [2.24, 2.45) is 0 Å². The quantitative estimate of drug-likeness (QED) is 0.425. The molecule has 1 aliphatic heterocycles. The monoisotopic (exact) mass is 222 g/mol. The first-order valence-electron chi connectivity index (χ1n) is 7.03. The summed E-state index contributed by atoms with van der Waals surface area (Å²) in [4.78, 5) is 0. The van der Waals surface area contributed by atoms with Gasteiger partial charge in [0.15, 0.2) is 0 Å². The molecule has 0 aromatic rings. The van der Waals surface area contributed by atoms with Crippen molar-refractivity contribution in [2.45, 2.75) is 52.4 Å². The van der Waals surface area contributed by atoms with Gasteiger partial charge in [0.2, 0.25) is 0 Å². The van der Waals surface area contributed by atoms with E-state index in [9.17, 15) is 0 Å². The van der Waals surface area contributed by atoms with E-state index in [1.54, 1.807) is 0 Å². The molecule has 0 N–H and O–H groups in total. The summed E-state index contributed by atoms with van der Waals surface area (Å²) < 4.78 is 1.19. The number of allylic oxidation sites excluding steroid dienone is 2. The van der Waals surface area contributed by atoms with E-state index < -0.39 is 0 Å². The molecule has 0 fully saturated rings. The Morgan fingerprint density at radius 1 is 0.875 bits per heavy atom. The predicted octanol–water partition coefficient (Wildman–Crippen LogP) is 4.27. The minimum atomic E-state index is 1.19. The molecule has 1 unspecified atom stereocenters. The van der Waals surface area contributed by atoms with Crippen molar-refractivity contribution in [3.8, 4) is 0 Å². The van der Waals surface area contributed by atoms with Crippen LogP contribution in [0.2, 0.25) is 0 Å². The van der Waals surface area contributed by atoms with Crippen molar-refractivity contribution < 1.29 is 4.48 Å². The molecule has 0 saturated carbocycles. The maximum Gasteiger partial charge on any atom is 0.102 e. The van der Waals surface area contributed by atoms with Crippen LogP contribution in [-0.2, 0) is 0 Å². The van der Waals surface area contributed by atoms with Crippen molar-refractivity contribution in [1.29, 1.82) is 0 Å². The summed E-state index contributed by atoms with van der Waals surface area (Å²) in [5, 5.41) is 0. The summed E-state index contributed by atoms with van der Waals surface area (Å²) in [6, 6.07) is 0. The second-order valence-corrected chi connectivity index (χ2v) is 5.03. The average Bonchev–Trinajstić information content (AvgIpc) is 2.30. The van der Waals surface area contributed by atoms with Crippen molar-refractivity contribution >= 4 is 0 Å². The van der Waals surface area contributed by atoms with E-state index in [1.807, 2.05) is 0 Å². The lowest BCUT2D eigenvalue weighted by molar-refractivity contribution is -0.874. The van der Waals surface area contributed by atoms with E-state index >= 15 is 0 Å². The van der Waals surface area contributed by atoms with Gasteiger partial charge in [-0.3, -0.25) is 4.48 Å². The van der Waals surface area contributed by atoms with E-state index in [0.717, 1.165) is 0 Å². The minimum absolute atomic E-state index is 1.19. The van der Waals surface area contributed by atoms with E-state index in [-0.39, 0.29) is 0 Å². The third kappa shape index (κ3) is 4.52. The number of nitrogens with zero attached hydrogens (tertiary/aromatic N) is 1. The van der Waals surface area contributed by atoms with Gasteiger partial charge >= 0.3 is 0 Å². The Bertz CT molecular complexity index is 230. The van der Waals surface area contributed by atoms with Crippen LogP contribution in [0.25, 0.3) is 0 Å². The number of rotatable bonds is 8. The van der Waals surface area contributed by atoms with Crippen LogP contribution < -0.4 is 0 Å². The first-order chi connectivity index (χ1) is 7.83. The molecule has 0 aromatic heterocycles. The second kappa shape index (κ2) is 7.67. The molecular formula is C15H28N+. The molecular weight excluding hydrogens is 194 g/mol. The molecule has 0 aliphatic carbocycles. The van der Waals surface area contributed by atoms with E-state index in [2.05, 4.69) is 38.3 Å². The zero-order valence-electron chi connectivity index (χ0n) is 11.1. The van der Waals surface area contributed by atoms with Crippen LogP contribution in [0.5, 0.6) is 0 Å². The number of hydrogen-bond acceptors (Lipinski definition) is 0. The molecule has 16 heavy (non-hydrogen) atoms. The van der Waals surface area contributed by atoms with Crippen LogP contribution in [0.15, 0.2) is 24.4 Å². The van der Waals surface area contributed by atoms with Crippen molar-refractivity contribution in [3.63, 3.8) is 0 Å². The topological polar surface area (TPSA) is 0 Å². The van der Waals surface area contributed by atoms with Crippen molar-refractivity contribution in [1.82, 2.24) is 0 Å². The molecule has 0 spiro atoms. The fraction of sp³-hybridized carbons (Fsp3) is 0.733. The molecule has 0 radical (unpaired) electrons. The maximum atomic E-state index is 2.41. The second-order valence-electron chi connectivity index (χ2n) is 5.03. The Morgan fingerprint density at radius 3 is 2.31 bits per heavy atom. The first-order valence-corrected chi connectivity index (χ1v) is 7.03. The third-order valence-corrected chi connectivity index (χ3v) is 3.49. The number of unbranched alkanes of at least 4 members (excludes halogenated alkanes) is 4. The Kier molecular flexibility index (Phi) is 6.47. The lowest BCUT2D eigenvalue weighted by Gasteiger charge is -2.35. The highest BCUT2D eigenvalue weighted by Gasteiger charge is 2.22. The summed E-state index contributed by atoms with van der Waals surface area (Å²) >= 11 is 0. The summed E-state index contributed by atoms with van der Waals surface area (Å²) in [5.74, 6) is 0. The summed E-state index contributed by atoms with van der Waals surface area (Å²) in [6.07, 6.45) is 17.4. The summed E-state index contributed by atoms with van der Waals surface area (Å²) in [7, 11) is 0. The minimum Gasteiger partial charge on any atom is -0.294 e. The van der Waals surface area contributed by atoms with Gasteiger partial charge < -0.3 is 0 Å². The predicted molar refractivity (Wildman–Crippen MR) is 72.2 cm³/mol. The van der Waals surface area contributed by atoms with Gasteiger partial charge in [-0.1, -0.05) is 39.2 Å². The van der Waals surface area contributed by atoms with Gasteiger partial charge in [0.1, 0.15) is 6.54 Å². The van der Waals surface area contributed by atoms with Gasteiger partial charge in [-0.25, -0.2) is 0 Å². The van der Waals surface area contributed by atoms with Gasteiger partial charge in [0, 0.05) is 0 Å². The largest absolute Gasteiger partial charge is 0.294 e. The van der Waals surface area contributed by atoms with Gasteiger partial charge in [0.05, 0.1) is 19.3 Å². The summed E-state index contributed by atoms with van der Waals surface area (Å²) in [6.45, 7) is 8.41. The molecule has 0 aromatic carbocycles. The molecule has 1 atom stereocenters. The highest BCUT2D eigenvalue weighted by Crippen LogP contribution is 2.16. The van der Waals surface area contributed by atoms with Crippen molar-refractivity contribution in [3.05, 3.63) is 24.4 Å². The normalized spacial score (nSPS) is 23.9. The molecule has 1 heteroatoms. The Morgan fingerprint density at radius 2 is 1.69 bits per heavy atom. The molecule has 0 bridgehead atoms. The molecule has 0 saturated heterocycles. The molecule has 1 rings (SSSR count). The molecule has 92 valence electrons. The maximum absolute atomic E-state index is 2.41. The zero-order chi connectivity index (χ0) is 11.7. The Labute approximate surface area is 101 Å². The van der Waals surface area contributed by atoms with E-state index in [4.69, 9.17) is 0 Å². The standard InChI is InChI=1S/C15H28N/c1-3-5-6-7-9-13-16(12-4-2)14-10-8-11-15-16/h8,10-11,14H,3-7,9,12-13,15H2,1-2H3/q+1. The smallest absolute Gasteiger partial charge is 0.102 e. The van der Waals surface area contributed by atoms with Crippen LogP contribution in [0, 0.1) is 0 Å². The van der Waals surface area contributed by atoms with Crippen LogP contribution >= 0.6 is 0 Å². The van der Waals surface area contributed by atoms with E-state index in [0.29, 0.717) is 0 Å². The number of quaternary nitrogens is 1. The van der Waals surface area contributed by atoms with Crippen molar-refractivity contribution in [2.75, 3.05) is 19.6 Å². The zero-order valence-corrected chi connectivity index (χ0v) is 11.1. The highest BCUT2D eigenvalue weighted by molar-refractivity contribution is 5.03. The fourth-order valence-corrected chi connectivity index (χ4v) is 2.56. The first kappa shape index (κ1) is 13.5. The fourth-order valence-electron chi connectivity index (χ4n) is 2.56. The van der Waals surface area contributed by atoms with Crippen LogP contribution in [-0.4, -0.2) is 24.1 Å². The SMILES string of the molecule is CCCCCCC[N+]1(CCC)C=CC=CC1. The van der Waals surface area contributed by atoms with Gasteiger partial charge in [-0.05, 0) is 31.4 Å². The molecule has 1 nitrogen and oxygen atoms in total. The van der Waals surface area contributed by atoms with Crippen LogP contribution in [0.3, 0.4) is 0 Å². The van der Waals surface area contributed by atoms with Crippen LogP contribution in [0.1, 0.15) is 52.4 Å². The lowest BCUT2D eigenvalue weighted by atomic mass is 10.1. The number of hydrogen-bond donors (Lipinski definition) is 0. The van der Waals surface area contributed by atoms with E-state index in [1.165, 1.54) is 62.6 Å². The molecule has 0 amide bonds. The third-order valence-electron chi connectivity index (χ3n) is 3.49. The summed E-state index contributed by atoms with van der Waals surface area (Å²) in [5.41, 5.74) is 0. The van der Waals surface area contributed by atoms with Crippen LogP contribution in [0.4, 0.5) is 0 Å². The Hall–Kier alpha value is -0.560. The highest BCUT2D eigenvalue weighted by atomic mass is 15.3. The molecule has 1 heterocycles. The van der Waals surface area contributed by atoms with Gasteiger partial charge in [0.25, 0.3) is 0 Å². The van der Waals surface area contributed by atoms with Gasteiger partial charge in [-0.2, -0.15) is 0 Å². The molecule has 1 aliphatic rings. The lowest BCUT2D eigenvalue weighted by Crippen LogP contribution is -2.45. The average molecular weight is 222 g/mol.